The molecule has 2 aliphatic rings. The van der Waals surface area contributed by atoms with Crippen LogP contribution in [0.3, 0.4) is 0 Å². The largest absolute Gasteiger partial charge is 0.457 e. The van der Waals surface area contributed by atoms with E-state index in [2.05, 4.69) is 291 Å². The smallest absolute Gasteiger partial charge is 0.164 e. The number of hydrogen-bond donors (Lipinski definition) is 0. The molecule has 0 saturated heterocycles. The highest BCUT2D eigenvalue weighted by atomic mass is 16.5. The van der Waals surface area contributed by atoms with Crippen LogP contribution in [0.4, 0.5) is 0 Å². The summed E-state index contributed by atoms with van der Waals surface area (Å²) in [6.07, 6.45) is 5.56. The highest BCUT2D eigenvalue weighted by Crippen LogP contribution is 2.58. The highest BCUT2D eigenvalue weighted by Gasteiger charge is 2.49. The average Bonchev–Trinajstić information content (AvgIpc) is 0.701. The Bertz CT molecular complexity index is 7930. The van der Waals surface area contributed by atoms with E-state index in [9.17, 15) is 0 Å². The van der Waals surface area contributed by atoms with Gasteiger partial charge in [-0.15, -0.1) is 0 Å². The van der Waals surface area contributed by atoms with Crippen LogP contribution in [0.1, 0.15) is 44.8 Å². The molecular weight excluding hydrogens is 1520 g/mol. The van der Waals surface area contributed by atoms with Gasteiger partial charge in [-0.2, -0.15) is 0 Å². The minimum atomic E-state index is -0.950. The number of fused-ring (bicyclic) bond motifs is 13. The number of rotatable bonds is 13. The van der Waals surface area contributed by atoms with Crippen molar-refractivity contribution in [1.82, 2.24) is 44.9 Å². The van der Waals surface area contributed by atoms with E-state index in [0.29, 0.717) is 40.7 Å². The summed E-state index contributed by atoms with van der Waals surface area (Å²) in [5, 5.41) is 12.6. The molecule has 2 aliphatic heterocycles. The van der Waals surface area contributed by atoms with Gasteiger partial charge in [-0.25, -0.2) is 29.9 Å². The van der Waals surface area contributed by atoms with E-state index >= 15 is 0 Å². The first-order valence-corrected chi connectivity index (χ1v) is 41.7. The molecule has 0 atom stereocenters. The Morgan fingerprint density at radius 2 is 0.565 bits per heavy atom. The Kier molecular flexibility index (Phi) is 16.8. The third-order valence-corrected chi connectivity index (χ3v) is 24.9. The first-order chi connectivity index (χ1) is 61.4. The number of ether oxygens (including phenoxy) is 2. The lowest BCUT2D eigenvalue weighted by molar-refractivity contribution is 0.430. The number of hydrogen-bond acceptors (Lipinski definition) is 11. The van der Waals surface area contributed by atoms with Gasteiger partial charge in [0.2, 0.25) is 0 Å². The van der Waals surface area contributed by atoms with Crippen LogP contribution >= 0.6 is 0 Å². The first kappa shape index (κ1) is 71.5. The lowest BCUT2D eigenvalue weighted by Crippen LogP contribution is -2.36. The molecule has 11 heteroatoms. The molecule has 0 spiro atoms. The molecule has 17 aromatic carbocycles. The van der Waals surface area contributed by atoms with Crippen LogP contribution in [-0.4, -0.2) is 44.9 Å². The van der Waals surface area contributed by atoms with Gasteiger partial charge in [-0.3, -0.25) is 15.0 Å². The van der Waals surface area contributed by atoms with Gasteiger partial charge < -0.3 is 9.47 Å². The molecule has 0 aliphatic carbocycles. The van der Waals surface area contributed by atoms with Crippen LogP contribution < -0.4 is 9.47 Å². The van der Waals surface area contributed by atoms with Crippen molar-refractivity contribution in [2.24, 2.45) is 0 Å². The van der Waals surface area contributed by atoms with Crippen molar-refractivity contribution in [2.45, 2.75) is 10.8 Å². The fourth-order valence-electron chi connectivity index (χ4n) is 19.1. The molecule has 0 bridgehead atoms. The number of para-hydroxylation sites is 2. The molecule has 5 aromatic heterocycles. The summed E-state index contributed by atoms with van der Waals surface area (Å²) in [5.74, 6) is 6.25. The van der Waals surface area contributed by atoms with Crippen molar-refractivity contribution in [2.75, 3.05) is 0 Å². The summed E-state index contributed by atoms with van der Waals surface area (Å²) >= 11 is 0. The zero-order chi connectivity index (χ0) is 81.8. The van der Waals surface area contributed by atoms with E-state index in [4.69, 9.17) is 54.3 Å². The van der Waals surface area contributed by atoms with Crippen molar-refractivity contribution < 1.29 is 9.47 Å². The maximum atomic E-state index is 6.99. The lowest BCUT2D eigenvalue weighted by Gasteiger charge is -2.42. The summed E-state index contributed by atoms with van der Waals surface area (Å²) in [4.78, 5) is 47.2. The van der Waals surface area contributed by atoms with Crippen molar-refractivity contribution in [1.29, 1.82) is 0 Å². The summed E-state index contributed by atoms with van der Waals surface area (Å²) < 4.78 is 13.8. The van der Waals surface area contributed by atoms with E-state index in [0.717, 1.165) is 183 Å². The quantitative estimate of drug-likeness (QED) is 0.102. The Morgan fingerprint density at radius 3 is 1.10 bits per heavy atom. The van der Waals surface area contributed by atoms with E-state index < -0.39 is 10.8 Å². The number of benzene rings is 17. The zero-order valence-corrected chi connectivity index (χ0v) is 66.7. The summed E-state index contributed by atoms with van der Waals surface area (Å²) in [6, 6.07) is 141. The highest BCUT2D eigenvalue weighted by molar-refractivity contribution is 6.26. The molecule has 0 saturated carbocycles. The predicted molar refractivity (Wildman–Crippen MR) is 497 cm³/mol. The zero-order valence-electron chi connectivity index (χ0n) is 66.7. The molecular formula is C113H69N9O2. The monoisotopic (exact) mass is 1580 g/mol. The Balaban J connectivity index is 0.577. The van der Waals surface area contributed by atoms with Gasteiger partial charge in [-0.1, -0.05) is 279 Å². The molecule has 0 N–H and O–H groups in total. The summed E-state index contributed by atoms with van der Waals surface area (Å²) in [7, 11) is 0. The standard InChI is InChI=1S/C113H69N9O2/c1-3-25-73(26-4-1)106-117-108(121-110(119-106)83-50-56-101-97(68-83)112(95-36-13-15-38-99(95)123-101,86-52-46-70-23-7-9-29-77(70)63-86)87-53-47-71-24-8-10-30-78(71)64-87)75-44-42-72(43-45-75)92-67-85(62-81-33-22-60-116-105(81)92)80-49-55-91-90-54-48-79(65-93(90)88-34-11-12-35-89(88)94(91)66-80)76-31-21-32-82(61-76)109-118-107(74-27-5-2-6-28-74)120-111(122-109)84-51-57-102-98(69-84)113(103-40-17-19-58-114-103,104-41-18-20-59-115-104)96-37-14-16-39-100(96)124-102/h1-69H. The minimum Gasteiger partial charge on any atom is -0.457 e. The molecule has 0 radical (unpaired) electrons. The van der Waals surface area contributed by atoms with Crippen molar-refractivity contribution in [3.05, 3.63) is 464 Å². The molecule has 22 aromatic rings. The number of aromatic nitrogens is 9. The van der Waals surface area contributed by atoms with Gasteiger partial charge in [-0.05, 0) is 214 Å². The molecule has 24 rings (SSSR count). The molecule has 578 valence electrons. The molecule has 7 heterocycles. The maximum absolute atomic E-state index is 6.99. The molecule has 0 unspecified atom stereocenters. The Morgan fingerprint density at radius 1 is 0.185 bits per heavy atom. The van der Waals surface area contributed by atoms with Crippen molar-refractivity contribution in [3.63, 3.8) is 0 Å². The normalized spacial score (nSPS) is 12.9. The molecule has 0 fully saturated rings. The SMILES string of the molecule is c1ccc(-c2nc(-c3ccc(-c4cc(-c5ccc6c7ccc(-c8cccc(-c9nc(-c%10ccccc%10)nc(-c%10ccc%11c(c%10)C(c%10ccccn%10)(c%10ccccn%10)c%10ccccc%10O%11)n9)c8)cc7c7ccccc7c6c5)cc5cccnc45)cc3)nc(-c3ccc4c(c3)C(c3ccc5ccccc5c3)(c3ccc5ccccc5c3)c3ccccc3O4)n2)cc1. The van der Waals surface area contributed by atoms with E-state index in [-0.39, 0.29) is 0 Å². The third kappa shape index (κ3) is 11.8. The van der Waals surface area contributed by atoms with Crippen molar-refractivity contribution in [3.8, 4) is 125 Å². The van der Waals surface area contributed by atoms with Gasteiger partial charge in [0.05, 0.1) is 22.3 Å². The second kappa shape index (κ2) is 29.1. The fourth-order valence-corrected chi connectivity index (χ4v) is 19.1. The minimum absolute atomic E-state index is 0.513. The number of pyridine rings is 3. The lowest BCUT2D eigenvalue weighted by atomic mass is 9.63. The third-order valence-electron chi connectivity index (χ3n) is 24.9. The van der Waals surface area contributed by atoms with E-state index in [1.165, 1.54) is 10.8 Å². The molecule has 124 heavy (non-hydrogen) atoms. The van der Waals surface area contributed by atoms with Gasteiger partial charge in [0.15, 0.2) is 34.9 Å². The van der Waals surface area contributed by atoms with Gasteiger partial charge >= 0.3 is 0 Å². The topological polar surface area (TPSA) is 134 Å². The van der Waals surface area contributed by atoms with Crippen LogP contribution in [0, 0.1) is 0 Å². The molecule has 0 amide bonds. The summed E-state index contributed by atoms with van der Waals surface area (Å²) in [6.45, 7) is 0. The Hall–Kier alpha value is -16.6. The van der Waals surface area contributed by atoms with Crippen LogP contribution in [-0.2, 0) is 10.8 Å². The summed E-state index contributed by atoms with van der Waals surface area (Å²) in [5.41, 5.74) is 18.2. The van der Waals surface area contributed by atoms with Crippen molar-refractivity contribution >= 4 is 64.8 Å². The Labute approximate surface area is 713 Å². The van der Waals surface area contributed by atoms with Crippen LogP contribution in [0.25, 0.3) is 166 Å². The second-order valence-electron chi connectivity index (χ2n) is 31.8. The number of nitrogens with zero attached hydrogens (tertiary/aromatic N) is 9. The maximum Gasteiger partial charge on any atom is 0.164 e. The molecule has 11 nitrogen and oxygen atoms in total. The van der Waals surface area contributed by atoms with Gasteiger partial charge in [0.25, 0.3) is 0 Å². The predicted octanol–water partition coefficient (Wildman–Crippen LogP) is 27.1. The van der Waals surface area contributed by atoms with E-state index in [1.54, 1.807) is 0 Å². The van der Waals surface area contributed by atoms with Crippen LogP contribution in [0.5, 0.6) is 23.0 Å². The average molecular weight is 1580 g/mol. The first-order valence-electron chi connectivity index (χ1n) is 41.7. The van der Waals surface area contributed by atoms with Gasteiger partial charge in [0, 0.05) is 85.2 Å². The fraction of sp³-hybridized carbons (Fsp3) is 0.0177. The van der Waals surface area contributed by atoms with Gasteiger partial charge in [0.1, 0.15) is 28.4 Å². The van der Waals surface area contributed by atoms with Crippen LogP contribution in [0.2, 0.25) is 0 Å². The van der Waals surface area contributed by atoms with E-state index in [1.807, 2.05) is 128 Å². The second-order valence-corrected chi connectivity index (χ2v) is 31.8. The van der Waals surface area contributed by atoms with Crippen LogP contribution in [0.15, 0.2) is 419 Å².